The van der Waals surface area contributed by atoms with Crippen molar-refractivity contribution >= 4 is 50.5 Å². The molecule has 1 unspecified atom stereocenters. The van der Waals surface area contributed by atoms with Crippen molar-refractivity contribution in [2.75, 3.05) is 0 Å². The Kier molecular flexibility index (Phi) is 6.53. The van der Waals surface area contributed by atoms with E-state index in [2.05, 4.69) is 4.84 Å². The Bertz CT molecular complexity index is 718. The number of hydrogen-bond donors (Lipinski definition) is 0. The zero-order valence-electron chi connectivity index (χ0n) is 11.2. The minimum absolute atomic E-state index is 0. The summed E-state index contributed by atoms with van der Waals surface area (Å²) in [4.78, 5) is 39.5. The summed E-state index contributed by atoms with van der Waals surface area (Å²) < 4.78 is 33.4. The van der Waals surface area contributed by atoms with Gasteiger partial charge in [0.1, 0.15) is 15.4 Å². The summed E-state index contributed by atoms with van der Waals surface area (Å²) in [6.45, 7) is 0. The van der Waals surface area contributed by atoms with E-state index in [0.717, 1.165) is 3.57 Å². The molecule has 1 aliphatic rings. The smallest absolute Gasteiger partial charge is 0.747 e. The number of hydrogen-bond acceptors (Lipinski definition) is 7. The van der Waals surface area contributed by atoms with Crippen LogP contribution in [0.1, 0.15) is 16.8 Å². The normalized spacial score (nSPS) is 18.1. The number of rotatable bonds is 3. The van der Waals surface area contributed by atoms with Crippen LogP contribution in [0, 0.1) is 3.57 Å². The first kappa shape index (κ1) is 19.5. The molecule has 0 saturated carbocycles. The van der Waals surface area contributed by atoms with Crippen LogP contribution < -0.4 is 29.6 Å². The second-order valence-electron chi connectivity index (χ2n) is 4.10. The summed E-state index contributed by atoms with van der Waals surface area (Å²) in [5.74, 6) is -3.41. The molecule has 11 heteroatoms. The molecule has 22 heavy (non-hydrogen) atoms. The number of carbonyl (C=O) groups is 3. The fourth-order valence-corrected chi connectivity index (χ4v) is 2.67. The van der Waals surface area contributed by atoms with Crippen LogP contribution in [0.2, 0.25) is 0 Å². The molecule has 1 saturated heterocycles. The first-order valence-electron chi connectivity index (χ1n) is 5.49. The molecule has 0 aromatic heterocycles. The zero-order chi connectivity index (χ0) is 15.8. The average molecular weight is 447 g/mol. The molecule has 0 radical (unpaired) electrons. The summed E-state index contributed by atoms with van der Waals surface area (Å²) in [5, 5.41) is -2.02. The Morgan fingerprint density at radius 3 is 2.27 bits per heavy atom. The number of carbonyl (C=O) groups excluding carboxylic acids is 3. The summed E-state index contributed by atoms with van der Waals surface area (Å²) in [7, 11) is -4.98. The first-order valence-corrected chi connectivity index (χ1v) is 8.04. The standard InChI is InChI=1S/C11H8INO7S.Na/c12-7-3-1-6(2-4-7)11(16)20-13-9(14)5-8(10(13)15)21(17,18)19;/h1-4,8H,5H2,(H,17,18,19);/q;+1/p-1. The molecule has 2 amide bonds. The summed E-state index contributed by atoms with van der Waals surface area (Å²) in [5.41, 5.74) is 0.0736. The van der Waals surface area contributed by atoms with E-state index in [1.165, 1.54) is 12.1 Å². The first-order chi connectivity index (χ1) is 9.70. The van der Waals surface area contributed by atoms with E-state index in [4.69, 9.17) is 0 Å². The summed E-state index contributed by atoms with van der Waals surface area (Å²) in [6, 6.07) is 6.04. The van der Waals surface area contributed by atoms with Crippen molar-refractivity contribution in [3.05, 3.63) is 33.4 Å². The molecule has 1 aromatic carbocycles. The largest absolute Gasteiger partial charge is 1.00 e. The van der Waals surface area contributed by atoms with Crippen LogP contribution >= 0.6 is 22.6 Å². The van der Waals surface area contributed by atoms with Crippen molar-refractivity contribution in [1.29, 1.82) is 0 Å². The number of imide groups is 1. The van der Waals surface area contributed by atoms with Gasteiger partial charge >= 0.3 is 35.5 Å². The molecule has 1 fully saturated rings. The van der Waals surface area contributed by atoms with Crippen molar-refractivity contribution in [3.63, 3.8) is 0 Å². The molecule has 1 aromatic rings. The van der Waals surface area contributed by atoms with E-state index >= 15 is 0 Å². The van der Waals surface area contributed by atoms with E-state index in [0.29, 0.717) is 0 Å². The number of nitrogens with zero attached hydrogens (tertiary/aromatic N) is 1. The fraction of sp³-hybridized carbons (Fsp3) is 0.182. The van der Waals surface area contributed by atoms with Gasteiger partial charge in [0.2, 0.25) is 0 Å². The molecular weight excluding hydrogens is 440 g/mol. The minimum atomic E-state index is -4.98. The van der Waals surface area contributed by atoms with Crippen molar-refractivity contribution in [1.82, 2.24) is 5.06 Å². The van der Waals surface area contributed by atoms with E-state index in [-0.39, 0.29) is 40.2 Å². The quantitative estimate of drug-likeness (QED) is 0.210. The fourth-order valence-electron chi connectivity index (χ4n) is 1.63. The van der Waals surface area contributed by atoms with E-state index in [1.54, 1.807) is 12.1 Å². The Balaban J connectivity index is 0.00000242. The van der Waals surface area contributed by atoms with Gasteiger partial charge in [0.25, 0.3) is 11.8 Å². The Morgan fingerprint density at radius 1 is 1.27 bits per heavy atom. The van der Waals surface area contributed by atoms with Crippen molar-refractivity contribution in [2.24, 2.45) is 0 Å². The van der Waals surface area contributed by atoms with Gasteiger partial charge in [-0.25, -0.2) is 13.2 Å². The predicted octanol–water partition coefficient (Wildman–Crippen LogP) is -2.96. The van der Waals surface area contributed by atoms with E-state index in [9.17, 15) is 27.4 Å². The van der Waals surface area contributed by atoms with Gasteiger partial charge in [0.05, 0.1) is 12.0 Å². The maximum atomic E-state index is 11.8. The second-order valence-corrected chi connectivity index (χ2v) is 6.90. The Morgan fingerprint density at radius 2 is 1.82 bits per heavy atom. The monoisotopic (exact) mass is 447 g/mol. The number of halogens is 1. The average Bonchev–Trinajstić information content (AvgIpc) is 2.67. The van der Waals surface area contributed by atoms with Gasteiger partial charge in [-0.3, -0.25) is 9.59 Å². The molecule has 112 valence electrons. The molecule has 2 rings (SSSR count). The summed E-state index contributed by atoms with van der Waals surface area (Å²) in [6.07, 6.45) is -0.829. The molecule has 0 bridgehead atoms. The molecule has 0 N–H and O–H groups in total. The molecule has 8 nitrogen and oxygen atoms in total. The van der Waals surface area contributed by atoms with Gasteiger partial charge in [-0.15, -0.1) is 5.06 Å². The molecular formula is C11H7INNaO7S. The van der Waals surface area contributed by atoms with Gasteiger partial charge in [-0.05, 0) is 46.9 Å². The number of hydroxylamine groups is 2. The SMILES string of the molecule is O=C(ON1C(=O)CC(S(=O)(=O)[O-])C1=O)c1ccc(I)cc1.[Na+]. The predicted molar refractivity (Wildman–Crippen MR) is 74.5 cm³/mol. The van der Waals surface area contributed by atoms with Crippen molar-refractivity contribution in [3.8, 4) is 0 Å². The molecule has 1 heterocycles. The van der Waals surface area contributed by atoms with Crippen LogP contribution in [-0.2, 0) is 24.5 Å². The van der Waals surface area contributed by atoms with Crippen molar-refractivity contribution in [2.45, 2.75) is 11.7 Å². The third-order valence-electron chi connectivity index (χ3n) is 2.66. The van der Waals surface area contributed by atoms with E-state index < -0.39 is 39.6 Å². The molecule has 0 spiro atoms. The van der Waals surface area contributed by atoms with Gasteiger partial charge < -0.3 is 9.39 Å². The van der Waals surface area contributed by atoms with Gasteiger partial charge in [-0.2, -0.15) is 0 Å². The van der Waals surface area contributed by atoms with Crippen LogP contribution in [0.3, 0.4) is 0 Å². The van der Waals surface area contributed by atoms with Crippen LogP contribution in [0.4, 0.5) is 0 Å². The van der Waals surface area contributed by atoms with Crippen LogP contribution in [0.5, 0.6) is 0 Å². The summed E-state index contributed by atoms with van der Waals surface area (Å²) >= 11 is 2.02. The molecule has 0 aliphatic carbocycles. The molecule has 1 atom stereocenters. The van der Waals surface area contributed by atoms with Crippen LogP contribution in [0.15, 0.2) is 24.3 Å². The third-order valence-corrected chi connectivity index (χ3v) is 4.45. The van der Waals surface area contributed by atoms with Crippen molar-refractivity contribution < 1.29 is 61.7 Å². The van der Waals surface area contributed by atoms with Crippen LogP contribution in [-0.4, -0.2) is 41.1 Å². The minimum Gasteiger partial charge on any atom is -0.747 e. The topological polar surface area (TPSA) is 121 Å². The maximum absolute atomic E-state index is 11.8. The second kappa shape index (κ2) is 7.36. The number of benzene rings is 1. The number of amides is 2. The Labute approximate surface area is 161 Å². The van der Waals surface area contributed by atoms with Gasteiger partial charge in [0, 0.05) is 3.57 Å². The maximum Gasteiger partial charge on any atom is 1.00 e. The van der Waals surface area contributed by atoms with Crippen LogP contribution in [0.25, 0.3) is 0 Å². The van der Waals surface area contributed by atoms with E-state index in [1.807, 2.05) is 22.6 Å². The van der Waals surface area contributed by atoms with Gasteiger partial charge in [-0.1, -0.05) is 0 Å². The molecule has 1 aliphatic heterocycles. The third kappa shape index (κ3) is 4.26. The zero-order valence-corrected chi connectivity index (χ0v) is 16.2. The van der Waals surface area contributed by atoms with Gasteiger partial charge in [0.15, 0.2) is 0 Å². The Hall–Kier alpha value is -0.530.